The molecule has 8 unspecified atom stereocenters. The van der Waals surface area contributed by atoms with Crippen LogP contribution >= 0.6 is 0 Å². The Morgan fingerprint density at radius 3 is 2.31 bits per heavy atom. The van der Waals surface area contributed by atoms with Gasteiger partial charge in [-0.1, -0.05) is 89.4 Å². The van der Waals surface area contributed by atoms with Gasteiger partial charge in [-0.2, -0.15) is 19.3 Å². The Morgan fingerprint density at radius 2 is 1.65 bits per heavy atom. The first-order chi connectivity index (χ1) is 24.7. The SMILES string of the molecule is CC(=O)[C@@]12[CH-]C[C@]3(C)C(=CCC4C5(C)CC[C@H](O[C@@H]6OC(C)[C@@H](O)[C@H](C)C6O[C@@H]6CC(CO)C(O)[C@H](O)C6O)[C-](C)[C@@H]5CC[C@@]43C)C1CC(C)(C)CC2.[V].[W]. The van der Waals surface area contributed by atoms with E-state index in [9.17, 15) is 30.3 Å². The molecule has 5 saturated carbocycles. The van der Waals surface area contributed by atoms with Crippen molar-refractivity contribution in [1.82, 2.24) is 0 Å². The molecule has 0 aromatic heterocycles. The molecule has 9 nitrogen and oxygen atoms in total. The van der Waals surface area contributed by atoms with Crippen molar-refractivity contribution in [2.75, 3.05) is 6.61 Å². The van der Waals surface area contributed by atoms with Crippen molar-refractivity contribution >= 4 is 5.78 Å². The number of hydrogen-bond acceptors (Lipinski definition) is 9. The van der Waals surface area contributed by atoms with Gasteiger partial charge in [0.15, 0.2) is 6.29 Å². The third-order valence-corrected chi connectivity index (χ3v) is 17.4. The van der Waals surface area contributed by atoms with Crippen molar-refractivity contribution in [3.8, 4) is 0 Å². The van der Waals surface area contributed by atoms with Gasteiger partial charge in [0.25, 0.3) is 0 Å². The van der Waals surface area contributed by atoms with E-state index in [4.69, 9.17) is 14.2 Å². The van der Waals surface area contributed by atoms with E-state index in [1.165, 1.54) is 5.92 Å². The van der Waals surface area contributed by atoms with Crippen molar-refractivity contribution in [3.63, 3.8) is 0 Å². The van der Waals surface area contributed by atoms with E-state index < -0.39 is 54.9 Å². The molecule has 1 saturated heterocycles. The van der Waals surface area contributed by atoms with Gasteiger partial charge >= 0.3 is 0 Å². The van der Waals surface area contributed by atoms with Crippen molar-refractivity contribution in [3.05, 3.63) is 24.0 Å². The Hall–Kier alpha value is 0.363. The molecule has 1 radical (unpaired) electrons. The number of rotatable bonds is 6. The molecule has 6 fully saturated rings. The van der Waals surface area contributed by atoms with E-state index in [0.29, 0.717) is 17.6 Å². The fourth-order valence-electron chi connectivity index (χ4n) is 13.6. The fraction of sp³-hybridized carbons (Fsp3) is 0.886. The first-order valence-corrected chi connectivity index (χ1v) is 20.9. The largest absolute Gasteiger partial charge is 0.396 e. The summed E-state index contributed by atoms with van der Waals surface area (Å²) in [6.45, 7) is 19.9. The maximum absolute atomic E-state index is 13.5. The molecule has 1 heterocycles. The van der Waals surface area contributed by atoms with Crippen LogP contribution < -0.4 is 0 Å². The van der Waals surface area contributed by atoms with E-state index in [-0.39, 0.29) is 97.7 Å². The maximum atomic E-state index is 13.5. The van der Waals surface area contributed by atoms with Crippen LogP contribution in [0.3, 0.4) is 0 Å². The molecule has 0 spiro atoms. The van der Waals surface area contributed by atoms with Crippen LogP contribution in [0.1, 0.15) is 127 Å². The van der Waals surface area contributed by atoms with Crippen molar-refractivity contribution in [1.29, 1.82) is 0 Å². The molecule has 313 valence electrons. The second-order valence-corrected chi connectivity index (χ2v) is 20.5. The monoisotopic (exact) mass is 977 g/mol. The summed E-state index contributed by atoms with van der Waals surface area (Å²) in [5.41, 5.74) is 1.68. The molecule has 0 aromatic rings. The van der Waals surface area contributed by atoms with Gasteiger partial charge in [-0.05, 0) is 80.5 Å². The molecule has 5 N–H and O–H groups in total. The Balaban J connectivity index is 0.00000290. The molecule has 0 amide bonds. The maximum Gasteiger partial charge on any atom is 0.182 e. The molecule has 0 bridgehead atoms. The van der Waals surface area contributed by atoms with Gasteiger partial charge in [-0.3, -0.25) is 5.92 Å². The van der Waals surface area contributed by atoms with E-state index in [1.807, 2.05) is 20.8 Å². The predicted molar refractivity (Wildman–Crippen MR) is 201 cm³/mol. The molecule has 7 aliphatic rings. The van der Waals surface area contributed by atoms with Gasteiger partial charge in [0.2, 0.25) is 0 Å². The normalized spacial score (nSPS) is 52.1. The van der Waals surface area contributed by atoms with E-state index >= 15 is 0 Å². The van der Waals surface area contributed by atoms with E-state index in [2.05, 4.69) is 54.0 Å². The summed E-state index contributed by atoms with van der Waals surface area (Å²) >= 11 is 0. The summed E-state index contributed by atoms with van der Waals surface area (Å²) < 4.78 is 19.7. The Bertz CT molecular complexity index is 1430. The third-order valence-electron chi connectivity index (χ3n) is 17.4. The minimum Gasteiger partial charge on any atom is -0.396 e. The van der Waals surface area contributed by atoms with E-state index in [0.717, 1.165) is 57.8 Å². The average Bonchev–Trinajstić information content (AvgIpc) is 3.10. The first kappa shape index (κ1) is 46.4. The summed E-state index contributed by atoms with van der Waals surface area (Å²) in [7, 11) is 0. The molecule has 55 heavy (non-hydrogen) atoms. The minimum atomic E-state index is -1.46. The zero-order chi connectivity index (χ0) is 38.6. The molecule has 7 rings (SSSR count). The van der Waals surface area contributed by atoms with Crippen LogP contribution in [0, 0.1) is 69.0 Å². The minimum absolute atomic E-state index is 0. The number of carbonyl (C=O) groups excluding carboxylic acids is 1. The number of hydrogen-bond donors (Lipinski definition) is 5. The summed E-state index contributed by atoms with van der Waals surface area (Å²) in [5.74, 6) is 1.82. The number of aliphatic hydroxyl groups is 5. The number of fused-ring (bicyclic) bond motifs is 7. The second-order valence-electron chi connectivity index (χ2n) is 20.5. The predicted octanol–water partition coefficient (Wildman–Crippen LogP) is 5.73. The molecule has 0 aromatic carbocycles. The van der Waals surface area contributed by atoms with Crippen LogP contribution in [0.15, 0.2) is 11.6 Å². The van der Waals surface area contributed by atoms with Crippen LogP contribution in [0.4, 0.5) is 0 Å². The quantitative estimate of drug-likeness (QED) is 0.128. The Kier molecular flexibility index (Phi) is 13.8. The summed E-state index contributed by atoms with van der Waals surface area (Å²) in [4.78, 5) is 13.5. The Labute approximate surface area is 357 Å². The van der Waals surface area contributed by atoms with Crippen LogP contribution in [0.5, 0.6) is 0 Å². The molecule has 6 aliphatic carbocycles. The molecular formula is C44H70O9VW-2. The van der Waals surface area contributed by atoms with Crippen LogP contribution in [0.25, 0.3) is 0 Å². The molecule has 1 aliphatic heterocycles. The van der Waals surface area contributed by atoms with Crippen LogP contribution in [-0.2, 0) is 58.6 Å². The second kappa shape index (κ2) is 16.3. The van der Waals surface area contributed by atoms with Gasteiger partial charge in [0, 0.05) is 58.1 Å². The zero-order valence-corrected chi connectivity index (χ0v) is 39.1. The summed E-state index contributed by atoms with van der Waals surface area (Å²) in [6, 6.07) is 0. The fourth-order valence-corrected chi connectivity index (χ4v) is 13.6. The standard InChI is InChI=1S/C44H70O9.V.W/c1-23-28-12-15-43(9)33(11-10-29-30-21-40(5,6)16-18-44(30,26(4)46)19-17-42(29,43)8)41(28,7)14-13-31(23)53-39-38(24(2)34(47)25(3)51-39)52-32-20-27(22-45)35(48)37(50)36(32)49;;/h10,19,24-25,27-28,30-39,45,47-50H,11-18,20-22H2,1-9H3;;/q-2;;/t24-,25?,27?,28-,30?,31-,32+,33?,34-,35?,36?,37-,38?,39-,41?,42+,43-,44+;;/m0../s1. The number of aliphatic hydroxyl groups excluding tert-OH is 5. The average molecular weight is 978 g/mol. The number of ether oxygens (including phenoxy) is 3. The Morgan fingerprint density at radius 1 is 0.964 bits per heavy atom. The van der Waals surface area contributed by atoms with Crippen molar-refractivity contribution < 1.29 is 84.2 Å². The molecule has 18 atom stereocenters. The topological polar surface area (TPSA) is 146 Å². The van der Waals surface area contributed by atoms with Crippen LogP contribution in [0.2, 0.25) is 0 Å². The summed E-state index contributed by atoms with van der Waals surface area (Å²) in [6.07, 6.45) is 6.55. The summed E-state index contributed by atoms with van der Waals surface area (Å²) in [5, 5.41) is 52.8. The number of carbonyl (C=O) groups is 1. The smallest absolute Gasteiger partial charge is 0.182 e. The number of ketones is 1. The number of allylic oxidation sites excluding steroid dienone is 2. The molecule has 11 heteroatoms. The zero-order valence-electron chi connectivity index (χ0n) is 34.7. The van der Waals surface area contributed by atoms with Gasteiger partial charge < -0.3 is 51.0 Å². The number of Topliss-reactive ketones (excluding diaryl/α,β-unsaturated/α-hetero) is 1. The third kappa shape index (κ3) is 7.25. The molecular weight excluding hydrogens is 907 g/mol. The van der Waals surface area contributed by atoms with Crippen molar-refractivity contribution in [2.45, 2.75) is 182 Å². The van der Waals surface area contributed by atoms with Crippen LogP contribution in [-0.4, -0.2) is 93.0 Å². The van der Waals surface area contributed by atoms with Gasteiger partial charge in [0.1, 0.15) is 24.1 Å². The van der Waals surface area contributed by atoms with E-state index in [1.54, 1.807) is 5.57 Å². The van der Waals surface area contributed by atoms with Gasteiger partial charge in [-0.15, -0.1) is 0 Å². The van der Waals surface area contributed by atoms with Gasteiger partial charge in [0.05, 0.1) is 24.4 Å². The first-order valence-electron chi connectivity index (χ1n) is 20.9. The van der Waals surface area contributed by atoms with Crippen molar-refractivity contribution in [2.24, 2.45) is 56.7 Å². The van der Waals surface area contributed by atoms with Gasteiger partial charge in [-0.25, -0.2) is 0 Å².